The van der Waals surface area contributed by atoms with Crippen molar-refractivity contribution < 1.29 is 43.8 Å². The van der Waals surface area contributed by atoms with E-state index in [0.717, 1.165) is 0 Å². The molecule has 3 fully saturated rings. The molecule has 3 heterocycles. The van der Waals surface area contributed by atoms with Crippen molar-refractivity contribution in [2.75, 3.05) is 6.54 Å². The minimum absolute atomic E-state index is 0.00957. The number of rotatable bonds is 15. The number of fused-ring (bicyclic) bond motifs is 1. The highest BCUT2D eigenvalue weighted by atomic mass is 16.4. The molecule has 9 N–H and O–H groups in total. The van der Waals surface area contributed by atoms with Crippen LogP contribution in [0.1, 0.15) is 70.8 Å². The quantitative estimate of drug-likeness (QED) is 0.117. The van der Waals surface area contributed by atoms with Crippen LogP contribution in [0.5, 0.6) is 5.75 Å². The van der Waals surface area contributed by atoms with Gasteiger partial charge >= 0.3 is 5.97 Å². The predicted molar refractivity (Wildman–Crippen MR) is 174 cm³/mol. The summed E-state index contributed by atoms with van der Waals surface area (Å²) in [5.41, 5.74) is 12.1. The Kier molecular flexibility index (Phi) is 12.2. The van der Waals surface area contributed by atoms with Crippen LogP contribution in [0.4, 0.5) is 0 Å². The van der Waals surface area contributed by atoms with Crippen LogP contribution >= 0.6 is 0 Å². The molecule has 0 bridgehead atoms. The summed E-state index contributed by atoms with van der Waals surface area (Å²) in [4.78, 5) is 93.4. The highest BCUT2D eigenvalue weighted by Crippen LogP contribution is 2.33. The zero-order valence-corrected chi connectivity index (χ0v) is 27.8. The molecule has 0 aromatic heterocycles. The van der Waals surface area contributed by atoms with Crippen molar-refractivity contribution in [2.45, 2.75) is 114 Å². The third kappa shape index (κ3) is 9.25. The van der Waals surface area contributed by atoms with Crippen molar-refractivity contribution in [2.24, 2.45) is 17.4 Å². The maximum absolute atomic E-state index is 13.9. The second-order valence-corrected chi connectivity index (χ2v) is 13.5. The van der Waals surface area contributed by atoms with Gasteiger partial charge in [-0.3, -0.25) is 33.6 Å². The molecule has 49 heavy (non-hydrogen) atoms. The Balaban J connectivity index is 1.47. The molecule has 0 saturated carbocycles. The van der Waals surface area contributed by atoms with Crippen molar-refractivity contribution in [3.05, 3.63) is 29.8 Å². The van der Waals surface area contributed by atoms with E-state index in [9.17, 15) is 43.8 Å². The SMILES string of the molecule is CC(C)C[C@@H](NC(=O)[C@@H](CCC(=O)O)NC(=O)C1CC[C@H]2CC[C@@H](NC(=O)[C@@H](Cc3ccc(O)cc3)N3CC[C@H](N)C3=O)C(=O)N12)C(N)=O. The van der Waals surface area contributed by atoms with Gasteiger partial charge in [-0.2, -0.15) is 0 Å². The van der Waals surface area contributed by atoms with Gasteiger partial charge in [-0.05, 0) is 68.6 Å². The third-order valence-electron chi connectivity index (χ3n) is 9.44. The number of phenolic OH excluding ortho intramolecular Hbond substituents is 1. The van der Waals surface area contributed by atoms with Crippen molar-refractivity contribution in [1.82, 2.24) is 25.8 Å². The molecular weight excluding hydrogens is 638 g/mol. The summed E-state index contributed by atoms with van der Waals surface area (Å²) in [6, 6.07) is -0.0521. The highest BCUT2D eigenvalue weighted by molar-refractivity contribution is 5.97. The average molecular weight is 686 g/mol. The minimum Gasteiger partial charge on any atom is -0.508 e. The second-order valence-electron chi connectivity index (χ2n) is 13.5. The van der Waals surface area contributed by atoms with Gasteiger partial charge in [0.2, 0.25) is 35.4 Å². The number of piperidine rings is 1. The molecule has 0 spiro atoms. The first kappa shape index (κ1) is 37.1. The number of benzene rings is 1. The van der Waals surface area contributed by atoms with E-state index in [1.165, 1.54) is 21.9 Å². The molecule has 1 unspecified atom stereocenters. The lowest BCUT2D eigenvalue weighted by Gasteiger charge is -2.39. The normalized spacial score (nSPS) is 23.8. The van der Waals surface area contributed by atoms with Crippen LogP contribution in [0.3, 0.4) is 0 Å². The van der Waals surface area contributed by atoms with E-state index in [4.69, 9.17) is 11.5 Å². The minimum atomic E-state index is -1.31. The molecule has 16 heteroatoms. The number of primary amides is 1. The highest BCUT2D eigenvalue weighted by Gasteiger charge is 2.48. The van der Waals surface area contributed by atoms with Crippen LogP contribution in [-0.4, -0.2) is 110 Å². The van der Waals surface area contributed by atoms with Gasteiger partial charge in [0.1, 0.15) is 36.0 Å². The fourth-order valence-corrected chi connectivity index (χ4v) is 6.85. The largest absolute Gasteiger partial charge is 0.508 e. The van der Waals surface area contributed by atoms with Gasteiger partial charge in [0.25, 0.3) is 0 Å². The van der Waals surface area contributed by atoms with E-state index in [1.807, 2.05) is 13.8 Å². The fourth-order valence-electron chi connectivity index (χ4n) is 6.85. The van der Waals surface area contributed by atoms with Crippen LogP contribution in [0, 0.1) is 5.92 Å². The standard InChI is InChI=1S/C33H47N7O9/c1-17(2)15-24(28(35)44)38-29(45)22(10-12-27(42)43)36-30(46)25-11-6-19-5-9-23(33(49)40(19)25)37-31(47)26(39-14-13-21(34)32(39)48)16-18-3-7-20(41)8-4-18/h3-4,7-8,17,19,21-26,41H,5-6,9-16,34H2,1-2H3,(H2,35,44)(H,36,46)(H,37,47)(H,38,45)(H,42,43)/t19-,21+,22-,23-,24-,25?,26-/m1/s1. The zero-order chi connectivity index (χ0) is 36.0. The number of carbonyl (C=O) groups is 7. The molecule has 1 aromatic carbocycles. The summed E-state index contributed by atoms with van der Waals surface area (Å²) in [6.07, 6.45) is 1.65. The Hall–Kier alpha value is -4.73. The van der Waals surface area contributed by atoms with E-state index >= 15 is 0 Å². The van der Waals surface area contributed by atoms with Gasteiger partial charge in [0.15, 0.2) is 0 Å². The molecule has 7 atom stereocenters. The van der Waals surface area contributed by atoms with E-state index in [2.05, 4.69) is 16.0 Å². The van der Waals surface area contributed by atoms with Crippen LogP contribution in [0.15, 0.2) is 24.3 Å². The topological polar surface area (TPSA) is 255 Å². The van der Waals surface area contributed by atoms with Crippen molar-refractivity contribution in [3.63, 3.8) is 0 Å². The predicted octanol–water partition coefficient (Wildman–Crippen LogP) is -1.13. The van der Waals surface area contributed by atoms with E-state index in [1.54, 1.807) is 12.1 Å². The lowest BCUT2D eigenvalue weighted by molar-refractivity contribution is -0.147. The first-order valence-corrected chi connectivity index (χ1v) is 16.7. The number of nitrogens with two attached hydrogens (primary N) is 2. The number of carboxylic acids is 1. The number of likely N-dealkylation sites (tertiary alicyclic amines) is 1. The molecule has 0 radical (unpaired) electrons. The van der Waals surface area contributed by atoms with Crippen LogP contribution < -0.4 is 27.4 Å². The van der Waals surface area contributed by atoms with Gasteiger partial charge in [-0.15, -0.1) is 0 Å². The first-order chi connectivity index (χ1) is 23.2. The maximum Gasteiger partial charge on any atom is 0.303 e. The monoisotopic (exact) mass is 685 g/mol. The van der Waals surface area contributed by atoms with Crippen molar-refractivity contribution in [1.29, 1.82) is 0 Å². The molecule has 0 aliphatic carbocycles. The van der Waals surface area contributed by atoms with Gasteiger partial charge in [-0.25, -0.2) is 0 Å². The summed E-state index contributed by atoms with van der Waals surface area (Å²) in [7, 11) is 0. The zero-order valence-electron chi connectivity index (χ0n) is 27.8. The molecule has 3 saturated heterocycles. The molecule has 16 nitrogen and oxygen atoms in total. The van der Waals surface area contributed by atoms with Gasteiger partial charge < -0.3 is 47.4 Å². The molecule has 3 aliphatic heterocycles. The number of nitrogens with zero attached hydrogens (tertiary/aromatic N) is 2. The van der Waals surface area contributed by atoms with E-state index in [0.29, 0.717) is 31.2 Å². The van der Waals surface area contributed by atoms with Crippen LogP contribution in [0.2, 0.25) is 0 Å². The number of amides is 6. The van der Waals surface area contributed by atoms with Gasteiger partial charge in [0.05, 0.1) is 6.04 Å². The van der Waals surface area contributed by atoms with Gasteiger partial charge in [-0.1, -0.05) is 26.0 Å². The summed E-state index contributed by atoms with van der Waals surface area (Å²) in [5, 5.41) is 26.9. The smallest absolute Gasteiger partial charge is 0.303 e. The van der Waals surface area contributed by atoms with Crippen molar-refractivity contribution >= 4 is 41.4 Å². The fraction of sp³-hybridized carbons (Fsp3) is 0.606. The number of hydrogen-bond acceptors (Lipinski definition) is 9. The number of carbonyl (C=O) groups excluding carboxylic acids is 6. The third-order valence-corrected chi connectivity index (χ3v) is 9.44. The number of carboxylic acid groups (broad SMARTS) is 1. The molecule has 6 amide bonds. The Bertz CT molecular complexity index is 1440. The lowest BCUT2D eigenvalue weighted by atomic mass is 9.97. The first-order valence-electron chi connectivity index (χ1n) is 16.7. The summed E-state index contributed by atoms with van der Waals surface area (Å²) < 4.78 is 0. The van der Waals surface area contributed by atoms with Crippen LogP contribution in [0.25, 0.3) is 0 Å². The molecule has 268 valence electrons. The Morgan fingerprint density at radius 1 is 0.918 bits per heavy atom. The Morgan fingerprint density at radius 3 is 2.18 bits per heavy atom. The maximum atomic E-state index is 13.9. The van der Waals surface area contributed by atoms with Gasteiger partial charge in [0, 0.05) is 25.4 Å². The van der Waals surface area contributed by atoms with E-state index in [-0.39, 0.29) is 55.8 Å². The summed E-state index contributed by atoms with van der Waals surface area (Å²) in [6.45, 7) is 3.94. The number of hydrogen-bond donors (Lipinski definition) is 7. The Labute approximate surface area is 284 Å². The number of phenols is 1. The van der Waals surface area contributed by atoms with Crippen molar-refractivity contribution in [3.8, 4) is 5.75 Å². The van der Waals surface area contributed by atoms with Crippen LogP contribution in [-0.2, 0) is 40.0 Å². The molecule has 4 rings (SSSR count). The number of aromatic hydroxyl groups is 1. The number of aliphatic carboxylic acids is 1. The molecule has 3 aliphatic rings. The lowest BCUT2D eigenvalue weighted by Crippen LogP contribution is -2.62. The second kappa shape index (κ2) is 16.1. The molecular formula is C33H47N7O9. The average Bonchev–Trinajstić information content (AvgIpc) is 3.62. The summed E-state index contributed by atoms with van der Waals surface area (Å²) >= 11 is 0. The van der Waals surface area contributed by atoms with E-state index < -0.39 is 78.2 Å². The summed E-state index contributed by atoms with van der Waals surface area (Å²) in [5.74, 6) is -4.73. The Morgan fingerprint density at radius 2 is 1.59 bits per heavy atom. The number of nitrogens with one attached hydrogen (secondary N) is 3. The molecule has 1 aromatic rings.